The Balaban J connectivity index is 2.19. The summed E-state index contributed by atoms with van der Waals surface area (Å²) in [5, 5.41) is 18.5. The summed E-state index contributed by atoms with van der Waals surface area (Å²) in [5.41, 5.74) is -0.482. The van der Waals surface area contributed by atoms with Gasteiger partial charge >= 0.3 is 5.97 Å². The van der Waals surface area contributed by atoms with Crippen molar-refractivity contribution in [2.45, 2.75) is 19.1 Å². The van der Waals surface area contributed by atoms with E-state index in [0.717, 1.165) is 5.56 Å². The number of benzene rings is 1. The van der Waals surface area contributed by atoms with Gasteiger partial charge in [0.15, 0.2) is 5.60 Å². The first-order valence-electron chi connectivity index (χ1n) is 5.25. The van der Waals surface area contributed by atoms with Crippen molar-refractivity contribution in [1.82, 2.24) is 4.90 Å². The zero-order valence-electron chi connectivity index (χ0n) is 9.38. The fourth-order valence-electron chi connectivity index (χ4n) is 1.88. The molecule has 0 radical (unpaired) electrons. The van der Waals surface area contributed by atoms with Crippen LogP contribution in [-0.2, 0) is 11.3 Å². The molecule has 0 saturated heterocycles. The predicted octanol–water partition coefficient (Wildman–Crippen LogP) is 0.478. The van der Waals surface area contributed by atoms with Gasteiger partial charge in [0.1, 0.15) is 0 Å². The van der Waals surface area contributed by atoms with E-state index in [1.54, 1.807) is 12.1 Å². The van der Waals surface area contributed by atoms with Gasteiger partial charge in [0.25, 0.3) is 5.91 Å². The van der Waals surface area contributed by atoms with E-state index in [2.05, 4.69) is 0 Å². The number of carbonyl (C=O) groups excluding carboxylic acids is 1. The maximum Gasteiger partial charge on any atom is 0.337 e. The molecule has 0 aromatic heterocycles. The van der Waals surface area contributed by atoms with Crippen molar-refractivity contribution >= 4 is 11.9 Å². The Morgan fingerprint density at radius 3 is 2.71 bits per heavy atom. The second-order valence-electron chi connectivity index (χ2n) is 4.40. The first-order valence-corrected chi connectivity index (χ1v) is 5.25. The number of aliphatic carboxylic acids is 1. The molecule has 0 unspecified atom stereocenters. The van der Waals surface area contributed by atoms with E-state index in [4.69, 9.17) is 5.11 Å². The molecule has 1 aliphatic heterocycles. The minimum Gasteiger partial charge on any atom is -0.479 e. The number of fused-ring (bicyclic) bond motifs is 1. The highest BCUT2D eigenvalue weighted by Gasteiger charge is 2.37. The van der Waals surface area contributed by atoms with E-state index in [-0.39, 0.29) is 12.5 Å². The molecule has 0 fully saturated rings. The number of hydrogen-bond acceptors (Lipinski definition) is 3. The third kappa shape index (κ3) is 2.01. The van der Waals surface area contributed by atoms with Crippen molar-refractivity contribution in [3.8, 4) is 0 Å². The number of amides is 1. The van der Waals surface area contributed by atoms with Crippen molar-refractivity contribution in [3.05, 3.63) is 35.4 Å². The van der Waals surface area contributed by atoms with Crippen LogP contribution in [0.25, 0.3) is 0 Å². The molecule has 2 rings (SSSR count). The number of carboxylic acid groups (broad SMARTS) is 1. The van der Waals surface area contributed by atoms with Crippen LogP contribution < -0.4 is 0 Å². The van der Waals surface area contributed by atoms with Gasteiger partial charge in [-0.15, -0.1) is 0 Å². The van der Waals surface area contributed by atoms with E-state index < -0.39 is 11.6 Å². The number of hydrogen-bond donors (Lipinski definition) is 2. The molecule has 1 aromatic carbocycles. The largest absolute Gasteiger partial charge is 0.479 e. The number of carboxylic acids is 1. The van der Waals surface area contributed by atoms with Gasteiger partial charge in [-0.2, -0.15) is 0 Å². The van der Waals surface area contributed by atoms with Crippen LogP contribution in [0.5, 0.6) is 0 Å². The average Bonchev–Trinajstić information content (AvgIpc) is 2.56. The maximum absolute atomic E-state index is 11.9. The van der Waals surface area contributed by atoms with Crippen molar-refractivity contribution in [1.29, 1.82) is 0 Å². The molecular weight excluding hydrogens is 222 g/mol. The quantitative estimate of drug-likeness (QED) is 0.798. The highest BCUT2D eigenvalue weighted by molar-refractivity contribution is 5.98. The fraction of sp³-hybridized carbons (Fsp3) is 0.333. The second kappa shape index (κ2) is 3.85. The minimum atomic E-state index is -1.92. The average molecular weight is 235 g/mol. The Hall–Kier alpha value is -1.88. The summed E-state index contributed by atoms with van der Waals surface area (Å²) in [6.45, 7) is 1.32. The van der Waals surface area contributed by atoms with Crippen LogP contribution >= 0.6 is 0 Å². The molecule has 2 N–H and O–H groups in total. The topological polar surface area (TPSA) is 77.8 Å². The van der Waals surface area contributed by atoms with Gasteiger partial charge in [0, 0.05) is 12.1 Å². The van der Waals surface area contributed by atoms with E-state index in [1.165, 1.54) is 11.8 Å². The standard InChI is InChI=1S/C12H13NO4/c1-12(17,11(15)16)7-13-6-8-4-2-3-5-9(8)10(13)14/h2-5,17H,6-7H2,1H3,(H,15,16)/t12-/m0/s1. The second-order valence-corrected chi connectivity index (χ2v) is 4.40. The lowest BCUT2D eigenvalue weighted by molar-refractivity contribution is -0.157. The van der Waals surface area contributed by atoms with Crippen LogP contribution in [0.1, 0.15) is 22.8 Å². The monoisotopic (exact) mass is 235 g/mol. The lowest BCUT2D eigenvalue weighted by Crippen LogP contribution is -2.46. The number of nitrogens with zero attached hydrogens (tertiary/aromatic N) is 1. The summed E-state index contributed by atoms with van der Waals surface area (Å²) in [6, 6.07) is 7.11. The van der Waals surface area contributed by atoms with Crippen molar-refractivity contribution in [2.24, 2.45) is 0 Å². The molecule has 1 aromatic rings. The zero-order valence-corrected chi connectivity index (χ0v) is 9.38. The van der Waals surface area contributed by atoms with Gasteiger partial charge in [-0.05, 0) is 18.6 Å². The minimum absolute atomic E-state index is 0.212. The molecule has 5 heteroatoms. The van der Waals surface area contributed by atoms with Crippen LogP contribution in [0.4, 0.5) is 0 Å². The van der Waals surface area contributed by atoms with Gasteiger partial charge in [-0.3, -0.25) is 4.79 Å². The van der Waals surface area contributed by atoms with Crippen LogP contribution in [0.15, 0.2) is 24.3 Å². The molecule has 0 saturated carbocycles. The Kier molecular flexibility index (Phi) is 2.63. The lowest BCUT2D eigenvalue weighted by atomic mass is 10.1. The molecule has 17 heavy (non-hydrogen) atoms. The Morgan fingerprint density at radius 2 is 2.12 bits per heavy atom. The van der Waals surface area contributed by atoms with Crippen LogP contribution in [0.3, 0.4) is 0 Å². The lowest BCUT2D eigenvalue weighted by Gasteiger charge is -2.24. The number of carbonyl (C=O) groups is 2. The smallest absolute Gasteiger partial charge is 0.337 e. The molecule has 90 valence electrons. The molecule has 5 nitrogen and oxygen atoms in total. The van der Waals surface area contributed by atoms with Crippen LogP contribution in [0.2, 0.25) is 0 Å². The predicted molar refractivity (Wildman–Crippen MR) is 59.4 cm³/mol. The Labute approximate surface area is 98.3 Å². The van der Waals surface area contributed by atoms with Crippen molar-refractivity contribution < 1.29 is 19.8 Å². The van der Waals surface area contributed by atoms with Gasteiger partial charge in [-0.1, -0.05) is 18.2 Å². The third-order valence-corrected chi connectivity index (χ3v) is 2.86. The normalized spacial score (nSPS) is 17.8. The van der Waals surface area contributed by atoms with Gasteiger partial charge < -0.3 is 15.1 Å². The summed E-state index contributed by atoms with van der Waals surface area (Å²) in [7, 11) is 0. The first-order chi connectivity index (χ1) is 7.92. The summed E-state index contributed by atoms with van der Waals surface area (Å²) in [4.78, 5) is 24.1. The number of aliphatic hydroxyl groups is 1. The van der Waals surface area contributed by atoms with E-state index in [9.17, 15) is 14.7 Å². The Bertz CT molecular complexity index is 481. The Morgan fingerprint density at radius 1 is 1.47 bits per heavy atom. The summed E-state index contributed by atoms with van der Waals surface area (Å²) >= 11 is 0. The molecule has 1 amide bonds. The summed E-state index contributed by atoms with van der Waals surface area (Å²) < 4.78 is 0. The van der Waals surface area contributed by atoms with Crippen LogP contribution in [0, 0.1) is 0 Å². The number of rotatable bonds is 3. The molecule has 1 aliphatic rings. The fourth-order valence-corrected chi connectivity index (χ4v) is 1.88. The van der Waals surface area contributed by atoms with Crippen molar-refractivity contribution in [3.63, 3.8) is 0 Å². The molecule has 1 heterocycles. The molecule has 0 bridgehead atoms. The van der Waals surface area contributed by atoms with Crippen LogP contribution in [-0.4, -0.2) is 39.1 Å². The van der Waals surface area contributed by atoms with E-state index >= 15 is 0 Å². The SMILES string of the molecule is C[C@](O)(CN1Cc2ccccc2C1=O)C(=O)O. The van der Waals surface area contributed by atoms with Gasteiger partial charge in [-0.25, -0.2) is 4.79 Å². The zero-order chi connectivity index (χ0) is 12.6. The molecule has 0 aliphatic carbocycles. The third-order valence-electron chi connectivity index (χ3n) is 2.86. The van der Waals surface area contributed by atoms with E-state index in [0.29, 0.717) is 12.1 Å². The van der Waals surface area contributed by atoms with Gasteiger partial charge in [0.2, 0.25) is 0 Å². The molecular formula is C12H13NO4. The number of β-amino-alcohol motifs (C(OH)–C–C–N with tert-alkyl or cyclic N) is 1. The summed E-state index contributed by atoms with van der Waals surface area (Å²) in [5.74, 6) is -1.57. The van der Waals surface area contributed by atoms with E-state index in [1.807, 2.05) is 12.1 Å². The van der Waals surface area contributed by atoms with Gasteiger partial charge in [0.05, 0.1) is 6.54 Å². The maximum atomic E-state index is 11.9. The highest BCUT2D eigenvalue weighted by atomic mass is 16.4. The molecule has 1 atom stereocenters. The summed E-state index contributed by atoms with van der Waals surface area (Å²) in [6.07, 6.45) is 0. The highest BCUT2D eigenvalue weighted by Crippen LogP contribution is 2.23. The first kappa shape index (κ1) is 11.6. The van der Waals surface area contributed by atoms with Crippen molar-refractivity contribution in [2.75, 3.05) is 6.54 Å². The molecule has 0 spiro atoms.